The fraction of sp³-hybridized carbons (Fsp3) is 1.00. The molecule has 100 valence electrons. The van der Waals surface area contributed by atoms with Crippen LogP contribution in [0.5, 0.6) is 0 Å². The molecule has 1 atom stereocenters. The minimum Gasteiger partial charge on any atom is -0.412 e. The normalized spacial score (nSPS) is 18.4. The van der Waals surface area contributed by atoms with E-state index in [9.17, 15) is 4.39 Å². The van der Waals surface area contributed by atoms with E-state index in [1.54, 1.807) is 0 Å². The molecular formula is C13H29FO2. The standard InChI is InChI=1S/C13H25F.2H2O/c1-2-3-5-10-13(14)11-12-8-6-4-7-9-12;;/h12-13H,2-11H2,1H3;2*1H2. The monoisotopic (exact) mass is 236 g/mol. The van der Waals surface area contributed by atoms with Crippen LogP contribution in [0.3, 0.4) is 0 Å². The van der Waals surface area contributed by atoms with Crippen LogP contribution < -0.4 is 0 Å². The molecule has 1 unspecified atom stereocenters. The molecule has 16 heavy (non-hydrogen) atoms. The van der Waals surface area contributed by atoms with E-state index in [0.29, 0.717) is 5.92 Å². The van der Waals surface area contributed by atoms with Crippen LogP contribution in [0.15, 0.2) is 0 Å². The predicted octanol–water partition coefficient (Wildman–Crippen LogP) is 3.23. The maximum Gasteiger partial charge on any atom is 0.100 e. The van der Waals surface area contributed by atoms with Gasteiger partial charge in [0.1, 0.15) is 6.17 Å². The van der Waals surface area contributed by atoms with Gasteiger partial charge in [0.25, 0.3) is 0 Å². The Bertz CT molecular complexity index is 136. The summed E-state index contributed by atoms with van der Waals surface area (Å²) in [6, 6.07) is 0. The lowest BCUT2D eigenvalue weighted by atomic mass is 9.85. The van der Waals surface area contributed by atoms with Gasteiger partial charge in [0.15, 0.2) is 0 Å². The number of unbranched alkanes of at least 4 members (excludes halogenated alkanes) is 2. The van der Waals surface area contributed by atoms with E-state index >= 15 is 0 Å². The molecule has 1 saturated carbocycles. The van der Waals surface area contributed by atoms with E-state index in [-0.39, 0.29) is 11.0 Å². The van der Waals surface area contributed by atoms with Crippen LogP contribution in [-0.4, -0.2) is 17.1 Å². The lowest BCUT2D eigenvalue weighted by molar-refractivity contribution is 0.217. The molecule has 0 saturated heterocycles. The maximum absolute atomic E-state index is 13.5. The summed E-state index contributed by atoms with van der Waals surface area (Å²) in [6.07, 6.45) is 11.3. The first kappa shape index (κ1) is 18.2. The summed E-state index contributed by atoms with van der Waals surface area (Å²) in [4.78, 5) is 0. The van der Waals surface area contributed by atoms with E-state index in [1.165, 1.54) is 44.9 Å². The van der Waals surface area contributed by atoms with Gasteiger partial charge in [-0.15, -0.1) is 0 Å². The fourth-order valence-electron chi connectivity index (χ4n) is 2.52. The number of hydrogen-bond donors (Lipinski definition) is 0. The van der Waals surface area contributed by atoms with Crippen molar-refractivity contribution in [3.63, 3.8) is 0 Å². The first-order valence-electron chi connectivity index (χ1n) is 6.47. The molecule has 1 fully saturated rings. The van der Waals surface area contributed by atoms with Gasteiger partial charge in [0.05, 0.1) is 0 Å². The highest BCUT2D eigenvalue weighted by molar-refractivity contribution is 4.70. The van der Waals surface area contributed by atoms with Crippen molar-refractivity contribution in [2.75, 3.05) is 0 Å². The number of alkyl halides is 1. The zero-order valence-corrected chi connectivity index (χ0v) is 10.6. The van der Waals surface area contributed by atoms with Crippen molar-refractivity contribution in [1.29, 1.82) is 0 Å². The Labute approximate surface area is 99.2 Å². The molecule has 0 aliphatic heterocycles. The Morgan fingerprint density at radius 3 is 2.25 bits per heavy atom. The van der Waals surface area contributed by atoms with Crippen molar-refractivity contribution >= 4 is 0 Å². The zero-order valence-electron chi connectivity index (χ0n) is 10.6. The van der Waals surface area contributed by atoms with Crippen molar-refractivity contribution in [1.82, 2.24) is 0 Å². The van der Waals surface area contributed by atoms with Crippen molar-refractivity contribution < 1.29 is 15.3 Å². The molecule has 1 aliphatic carbocycles. The van der Waals surface area contributed by atoms with Gasteiger partial charge in [-0.05, 0) is 18.8 Å². The van der Waals surface area contributed by atoms with Crippen LogP contribution in [0.4, 0.5) is 4.39 Å². The highest BCUT2D eigenvalue weighted by atomic mass is 19.1. The first-order chi connectivity index (χ1) is 6.83. The summed E-state index contributed by atoms with van der Waals surface area (Å²) in [7, 11) is 0. The minimum atomic E-state index is -0.510. The number of rotatable bonds is 6. The Balaban J connectivity index is 0. The summed E-state index contributed by atoms with van der Waals surface area (Å²) in [6.45, 7) is 2.17. The molecule has 1 aliphatic rings. The molecule has 3 heteroatoms. The van der Waals surface area contributed by atoms with Crippen molar-refractivity contribution in [3.05, 3.63) is 0 Å². The average molecular weight is 236 g/mol. The topological polar surface area (TPSA) is 63.0 Å². The SMILES string of the molecule is CCCCCC(F)CC1CCCCC1.O.O. The highest BCUT2D eigenvalue weighted by Gasteiger charge is 2.17. The van der Waals surface area contributed by atoms with Crippen LogP contribution in [0, 0.1) is 5.92 Å². The Morgan fingerprint density at radius 1 is 1.06 bits per heavy atom. The van der Waals surface area contributed by atoms with Crippen LogP contribution in [0.25, 0.3) is 0 Å². The van der Waals surface area contributed by atoms with E-state index in [1.807, 2.05) is 0 Å². The molecule has 4 N–H and O–H groups in total. The Kier molecular flexibility index (Phi) is 12.9. The fourth-order valence-corrected chi connectivity index (χ4v) is 2.52. The van der Waals surface area contributed by atoms with Gasteiger partial charge in [0.2, 0.25) is 0 Å². The van der Waals surface area contributed by atoms with Gasteiger partial charge in [-0.3, -0.25) is 0 Å². The molecule has 2 nitrogen and oxygen atoms in total. The predicted molar refractivity (Wildman–Crippen MR) is 67.5 cm³/mol. The maximum atomic E-state index is 13.5. The van der Waals surface area contributed by atoms with E-state index in [0.717, 1.165) is 19.3 Å². The first-order valence-corrected chi connectivity index (χ1v) is 6.47. The smallest absolute Gasteiger partial charge is 0.100 e. The van der Waals surface area contributed by atoms with Crippen molar-refractivity contribution in [3.8, 4) is 0 Å². The highest BCUT2D eigenvalue weighted by Crippen LogP contribution is 2.29. The molecule has 1 rings (SSSR count). The van der Waals surface area contributed by atoms with Gasteiger partial charge in [0, 0.05) is 0 Å². The molecular weight excluding hydrogens is 207 g/mol. The molecule has 0 aromatic heterocycles. The third kappa shape index (κ3) is 8.05. The minimum absolute atomic E-state index is 0. The van der Waals surface area contributed by atoms with Gasteiger partial charge in [-0.1, -0.05) is 58.3 Å². The zero-order chi connectivity index (χ0) is 10.2. The second-order valence-electron chi connectivity index (χ2n) is 4.83. The molecule has 0 amide bonds. The van der Waals surface area contributed by atoms with Gasteiger partial charge in [-0.2, -0.15) is 0 Å². The van der Waals surface area contributed by atoms with Gasteiger partial charge in [-0.25, -0.2) is 4.39 Å². The van der Waals surface area contributed by atoms with Gasteiger partial charge >= 0.3 is 0 Å². The van der Waals surface area contributed by atoms with E-state index < -0.39 is 6.17 Å². The third-order valence-corrected chi connectivity index (χ3v) is 3.43. The summed E-state index contributed by atoms with van der Waals surface area (Å²) in [5.41, 5.74) is 0. The van der Waals surface area contributed by atoms with Crippen molar-refractivity contribution in [2.24, 2.45) is 5.92 Å². The number of hydrogen-bond acceptors (Lipinski definition) is 0. The molecule has 0 heterocycles. The van der Waals surface area contributed by atoms with Crippen LogP contribution in [0.1, 0.15) is 71.1 Å². The van der Waals surface area contributed by atoms with E-state index in [2.05, 4.69) is 6.92 Å². The summed E-state index contributed by atoms with van der Waals surface area (Å²) in [5, 5.41) is 0. The molecule has 0 spiro atoms. The second kappa shape index (κ2) is 11.3. The summed E-state index contributed by atoms with van der Waals surface area (Å²) < 4.78 is 13.5. The van der Waals surface area contributed by atoms with Crippen LogP contribution in [0.2, 0.25) is 0 Å². The van der Waals surface area contributed by atoms with Crippen LogP contribution in [-0.2, 0) is 0 Å². The van der Waals surface area contributed by atoms with Crippen molar-refractivity contribution in [2.45, 2.75) is 77.3 Å². The van der Waals surface area contributed by atoms with E-state index in [4.69, 9.17) is 0 Å². The summed E-state index contributed by atoms with van der Waals surface area (Å²) >= 11 is 0. The lowest BCUT2D eigenvalue weighted by Crippen LogP contribution is -2.12. The Morgan fingerprint density at radius 2 is 1.69 bits per heavy atom. The number of halogens is 1. The average Bonchev–Trinajstić information content (AvgIpc) is 2.20. The molecule has 0 aromatic rings. The quantitative estimate of drug-likeness (QED) is 0.636. The molecule has 0 radical (unpaired) electrons. The van der Waals surface area contributed by atoms with Gasteiger partial charge < -0.3 is 11.0 Å². The van der Waals surface area contributed by atoms with Crippen LogP contribution >= 0.6 is 0 Å². The lowest BCUT2D eigenvalue weighted by Gasteiger charge is -2.22. The molecule has 0 aromatic carbocycles. The third-order valence-electron chi connectivity index (χ3n) is 3.43. The largest absolute Gasteiger partial charge is 0.412 e. The molecule has 0 bridgehead atoms. The Hall–Kier alpha value is -0.150. The summed E-state index contributed by atoms with van der Waals surface area (Å²) in [5.74, 6) is 0.709. The second-order valence-corrected chi connectivity index (χ2v) is 4.83.